The van der Waals surface area contributed by atoms with E-state index < -0.39 is 39.3 Å². The van der Waals surface area contributed by atoms with Gasteiger partial charge in [-0.25, -0.2) is 18.7 Å². The Balaban J connectivity index is 2.14. The second-order valence-corrected chi connectivity index (χ2v) is 14.1. The molecule has 1 aromatic carbocycles. The maximum absolute atomic E-state index is 13.8. The third kappa shape index (κ3) is 11.0. The van der Waals surface area contributed by atoms with Gasteiger partial charge >= 0.3 is 6.09 Å². The molecule has 14 heteroatoms. The summed E-state index contributed by atoms with van der Waals surface area (Å²) < 4.78 is 44.5. The van der Waals surface area contributed by atoms with Crippen molar-refractivity contribution in [1.82, 2.24) is 20.0 Å². The van der Waals surface area contributed by atoms with E-state index in [0.717, 1.165) is 4.31 Å². The van der Waals surface area contributed by atoms with E-state index in [1.54, 1.807) is 46.4 Å². The largest absolute Gasteiger partial charge is 0.497 e. The smallest absolute Gasteiger partial charge is 0.407 e. The van der Waals surface area contributed by atoms with Crippen LogP contribution in [0.3, 0.4) is 0 Å². The van der Waals surface area contributed by atoms with E-state index in [4.69, 9.17) is 14.2 Å². The minimum absolute atomic E-state index is 0.111. The molecular weight excluding hydrogens is 568 g/mol. The van der Waals surface area contributed by atoms with Crippen LogP contribution >= 0.6 is 0 Å². The predicted molar refractivity (Wildman–Crippen MR) is 154 cm³/mol. The highest BCUT2D eigenvalue weighted by molar-refractivity contribution is 7.89. The molecule has 0 bridgehead atoms. The molecule has 1 atom stereocenters. The second-order valence-electron chi connectivity index (χ2n) is 12.2. The highest BCUT2D eigenvalue weighted by Crippen LogP contribution is 2.24. The summed E-state index contributed by atoms with van der Waals surface area (Å²) in [4.78, 5) is 39.4. The number of amides is 3. The summed E-state index contributed by atoms with van der Waals surface area (Å²) in [5.41, 5.74) is 0.233. The summed E-state index contributed by atoms with van der Waals surface area (Å²) in [5, 5.41) is 12.2. The fourth-order valence-corrected chi connectivity index (χ4v) is 5.89. The predicted octanol–water partition coefficient (Wildman–Crippen LogP) is 2.53. The molecule has 0 saturated carbocycles. The van der Waals surface area contributed by atoms with Crippen LogP contribution in [0.2, 0.25) is 0 Å². The first-order chi connectivity index (χ1) is 19.5. The molecule has 1 aromatic rings. The molecule has 0 radical (unpaired) electrons. The normalized spacial score (nSPS) is 15.7. The molecular formula is C28H46N4O9S. The Hall–Kier alpha value is -2.94. The van der Waals surface area contributed by atoms with Crippen LogP contribution in [0.25, 0.3) is 0 Å². The molecule has 0 aromatic heterocycles. The standard InChI is InChI=1S/C28H46N4O9S/c1-27(2,3)40-19-23(25(34)30-36)32(42(37,38)22-10-8-21(39-7)9-11-22)17-14-24(33)31-15-12-20(13-16-31)18-29-26(35)41-28(4,5)6/h8-11,20,23,36H,12-19H2,1-7H3,(H,29,35)(H,30,34). The zero-order chi connectivity index (χ0) is 31.7. The van der Waals surface area contributed by atoms with Crippen molar-refractivity contribution < 1.29 is 42.2 Å². The molecule has 0 spiro atoms. The van der Waals surface area contributed by atoms with Crippen molar-refractivity contribution in [1.29, 1.82) is 0 Å². The maximum atomic E-state index is 13.8. The summed E-state index contributed by atoms with van der Waals surface area (Å²) in [6.07, 6.45) is 0.631. The van der Waals surface area contributed by atoms with Gasteiger partial charge in [-0.15, -0.1) is 0 Å². The number of benzene rings is 1. The fraction of sp³-hybridized carbons (Fsp3) is 0.679. The highest BCUT2D eigenvalue weighted by Gasteiger charge is 2.38. The number of nitrogens with zero attached hydrogens (tertiary/aromatic N) is 2. The van der Waals surface area contributed by atoms with Gasteiger partial charge in [-0.3, -0.25) is 14.8 Å². The molecule has 238 valence electrons. The number of rotatable bonds is 12. The number of ether oxygens (including phenoxy) is 3. The zero-order valence-corrected chi connectivity index (χ0v) is 26.5. The minimum atomic E-state index is -4.31. The van der Waals surface area contributed by atoms with Crippen LogP contribution in [-0.4, -0.2) is 97.9 Å². The third-order valence-corrected chi connectivity index (χ3v) is 8.47. The molecule has 1 fully saturated rings. The molecule has 1 unspecified atom stereocenters. The summed E-state index contributed by atoms with van der Waals surface area (Å²) >= 11 is 0. The molecule has 1 heterocycles. The van der Waals surface area contributed by atoms with E-state index in [1.165, 1.54) is 36.9 Å². The number of nitrogens with one attached hydrogen (secondary N) is 2. The molecule has 3 N–H and O–H groups in total. The SMILES string of the molecule is COc1ccc(S(=O)(=O)N(CCC(=O)N2CCC(CNC(=O)OC(C)(C)C)CC2)C(COC(C)(C)C)C(=O)NO)cc1. The Morgan fingerprint density at radius 2 is 1.64 bits per heavy atom. The minimum Gasteiger partial charge on any atom is -0.497 e. The molecule has 1 saturated heterocycles. The Kier molecular flexibility index (Phi) is 12.6. The fourth-order valence-electron chi connectivity index (χ4n) is 4.31. The van der Waals surface area contributed by atoms with Gasteiger partial charge in [0.05, 0.1) is 24.2 Å². The maximum Gasteiger partial charge on any atom is 0.407 e. The number of sulfonamides is 1. The molecule has 1 aliphatic rings. The Bertz CT molecular complexity index is 1150. The van der Waals surface area contributed by atoms with Gasteiger partial charge in [0.25, 0.3) is 5.91 Å². The Morgan fingerprint density at radius 3 is 2.14 bits per heavy atom. The first kappa shape index (κ1) is 35.3. The van der Waals surface area contributed by atoms with Gasteiger partial charge in [0.1, 0.15) is 17.4 Å². The number of hydrogen-bond acceptors (Lipinski definition) is 9. The number of carbonyl (C=O) groups excluding carboxylic acids is 3. The molecule has 13 nitrogen and oxygen atoms in total. The van der Waals surface area contributed by atoms with E-state index >= 15 is 0 Å². The van der Waals surface area contributed by atoms with Crippen molar-refractivity contribution in [2.75, 3.05) is 39.9 Å². The van der Waals surface area contributed by atoms with Crippen molar-refractivity contribution in [2.45, 2.75) is 82.9 Å². The molecule has 3 amide bonds. The number of piperidine rings is 1. The molecule has 0 aliphatic carbocycles. The second kappa shape index (κ2) is 15.0. The van der Waals surface area contributed by atoms with E-state index in [-0.39, 0.29) is 36.3 Å². The number of likely N-dealkylation sites (tertiary alicyclic amines) is 1. The molecule has 1 aliphatic heterocycles. The average molecular weight is 615 g/mol. The topological polar surface area (TPSA) is 164 Å². The van der Waals surface area contributed by atoms with Crippen LogP contribution in [0, 0.1) is 5.92 Å². The van der Waals surface area contributed by atoms with Crippen molar-refractivity contribution in [2.24, 2.45) is 5.92 Å². The van der Waals surface area contributed by atoms with E-state index in [0.29, 0.717) is 38.2 Å². The first-order valence-electron chi connectivity index (χ1n) is 14.0. The Labute approximate surface area is 248 Å². The van der Waals surface area contributed by atoms with Gasteiger partial charge in [0, 0.05) is 32.6 Å². The van der Waals surface area contributed by atoms with Crippen LogP contribution in [0.5, 0.6) is 5.75 Å². The lowest BCUT2D eigenvalue weighted by atomic mass is 9.96. The number of alkyl carbamates (subject to hydrolysis) is 1. The average Bonchev–Trinajstić information content (AvgIpc) is 2.91. The van der Waals surface area contributed by atoms with Gasteiger partial charge in [-0.05, 0) is 84.6 Å². The number of hydroxylamine groups is 1. The first-order valence-corrected chi connectivity index (χ1v) is 15.4. The van der Waals surface area contributed by atoms with Crippen molar-refractivity contribution in [3.05, 3.63) is 24.3 Å². The summed E-state index contributed by atoms with van der Waals surface area (Å²) in [5.74, 6) is -0.646. The van der Waals surface area contributed by atoms with Crippen molar-refractivity contribution >= 4 is 27.9 Å². The van der Waals surface area contributed by atoms with Crippen LogP contribution in [0.15, 0.2) is 29.2 Å². The lowest BCUT2D eigenvalue weighted by molar-refractivity contribution is -0.138. The number of carbonyl (C=O) groups is 3. The quantitative estimate of drug-likeness (QED) is 0.237. The summed E-state index contributed by atoms with van der Waals surface area (Å²) in [6, 6.07) is 4.20. The number of hydrogen-bond donors (Lipinski definition) is 3. The zero-order valence-electron chi connectivity index (χ0n) is 25.6. The lowest BCUT2D eigenvalue weighted by Gasteiger charge is -2.34. The van der Waals surface area contributed by atoms with Gasteiger partial charge in [-0.2, -0.15) is 4.31 Å². The third-order valence-electron chi connectivity index (χ3n) is 6.55. The van der Waals surface area contributed by atoms with Crippen molar-refractivity contribution in [3.8, 4) is 5.75 Å². The number of methoxy groups -OCH3 is 1. The summed E-state index contributed by atoms with van der Waals surface area (Å²) in [6.45, 7) is 11.3. The Morgan fingerprint density at radius 1 is 1.05 bits per heavy atom. The van der Waals surface area contributed by atoms with Crippen LogP contribution < -0.4 is 15.5 Å². The highest BCUT2D eigenvalue weighted by atomic mass is 32.2. The van der Waals surface area contributed by atoms with Crippen LogP contribution in [0.4, 0.5) is 4.79 Å². The molecule has 2 rings (SSSR count). The van der Waals surface area contributed by atoms with Crippen LogP contribution in [-0.2, 0) is 29.1 Å². The van der Waals surface area contributed by atoms with Gasteiger partial charge in [-0.1, -0.05) is 0 Å². The van der Waals surface area contributed by atoms with Crippen LogP contribution in [0.1, 0.15) is 60.8 Å². The summed E-state index contributed by atoms with van der Waals surface area (Å²) in [7, 11) is -2.86. The van der Waals surface area contributed by atoms with Crippen molar-refractivity contribution in [3.63, 3.8) is 0 Å². The van der Waals surface area contributed by atoms with E-state index in [9.17, 15) is 28.0 Å². The van der Waals surface area contributed by atoms with E-state index in [1.807, 2.05) is 0 Å². The monoisotopic (exact) mass is 614 g/mol. The van der Waals surface area contributed by atoms with Gasteiger partial charge in [0.2, 0.25) is 15.9 Å². The van der Waals surface area contributed by atoms with Gasteiger partial charge < -0.3 is 24.4 Å². The van der Waals surface area contributed by atoms with Gasteiger partial charge in [0.15, 0.2) is 0 Å². The molecule has 42 heavy (non-hydrogen) atoms. The lowest BCUT2D eigenvalue weighted by Crippen LogP contribution is -2.53. The van der Waals surface area contributed by atoms with E-state index in [2.05, 4.69) is 5.32 Å².